The third kappa shape index (κ3) is 2.55. The van der Waals surface area contributed by atoms with Gasteiger partial charge >= 0.3 is 5.97 Å². The second-order valence-electron chi connectivity index (χ2n) is 4.67. The van der Waals surface area contributed by atoms with E-state index < -0.39 is 12.0 Å². The second-order valence-corrected chi connectivity index (χ2v) is 4.67. The van der Waals surface area contributed by atoms with Crippen molar-refractivity contribution in [3.8, 4) is 0 Å². The summed E-state index contributed by atoms with van der Waals surface area (Å²) in [7, 11) is 3.18. The molecule has 0 saturated heterocycles. The highest BCUT2D eigenvalue weighted by atomic mass is 16.5. The molecule has 0 amide bonds. The van der Waals surface area contributed by atoms with Gasteiger partial charge in [0.15, 0.2) is 5.78 Å². The monoisotopic (exact) mass is 275 g/mol. The van der Waals surface area contributed by atoms with E-state index in [-0.39, 0.29) is 12.2 Å². The summed E-state index contributed by atoms with van der Waals surface area (Å²) in [5, 5.41) is 0. The Balaban J connectivity index is 2.28. The van der Waals surface area contributed by atoms with Crippen LogP contribution in [0.3, 0.4) is 0 Å². The van der Waals surface area contributed by atoms with Crippen LogP contribution in [-0.2, 0) is 16.6 Å². The number of hydrogen-bond acceptors (Lipinski definition) is 5. The van der Waals surface area contributed by atoms with Gasteiger partial charge in [-0.05, 0) is 25.1 Å². The Kier molecular flexibility index (Phi) is 3.85. The van der Waals surface area contributed by atoms with Gasteiger partial charge in [-0.3, -0.25) is 9.59 Å². The topological polar surface area (TPSA) is 87.2 Å². The van der Waals surface area contributed by atoms with Crippen LogP contribution < -0.4 is 5.73 Å². The van der Waals surface area contributed by atoms with Gasteiger partial charge in [-0.1, -0.05) is 0 Å². The van der Waals surface area contributed by atoms with E-state index in [0.29, 0.717) is 5.56 Å². The molecule has 1 aromatic heterocycles. The van der Waals surface area contributed by atoms with E-state index >= 15 is 0 Å². The van der Waals surface area contributed by atoms with Crippen molar-refractivity contribution in [2.45, 2.75) is 19.4 Å². The number of hydrogen-bond donors (Lipinski definition) is 1. The van der Waals surface area contributed by atoms with Crippen molar-refractivity contribution in [3.05, 3.63) is 29.6 Å². The Bertz CT molecular complexity index is 676. The molecule has 2 rings (SSSR count). The maximum absolute atomic E-state index is 12.2. The highest BCUT2D eigenvalue weighted by Gasteiger charge is 2.20. The molecule has 0 bridgehead atoms. The van der Waals surface area contributed by atoms with Crippen LogP contribution in [0.1, 0.15) is 22.6 Å². The molecule has 0 radical (unpaired) electrons. The minimum absolute atomic E-state index is 0.130. The van der Waals surface area contributed by atoms with Crippen LogP contribution in [0.2, 0.25) is 0 Å². The number of ketones is 1. The Morgan fingerprint density at radius 1 is 1.45 bits per heavy atom. The average Bonchev–Trinajstić information content (AvgIpc) is 2.72. The number of aryl methyl sites for hydroxylation is 2. The first-order valence-corrected chi connectivity index (χ1v) is 6.23. The molecule has 1 atom stereocenters. The number of nitrogens with zero attached hydrogens (tertiary/aromatic N) is 2. The highest BCUT2D eigenvalue weighted by molar-refractivity contribution is 6.03. The molecule has 0 spiro atoms. The molecule has 1 aromatic carbocycles. The number of Topliss-reactive ketones (excluding diaryl/α,β-unsaturated/α-hetero) is 1. The number of imidazole rings is 1. The largest absolute Gasteiger partial charge is 0.469 e. The van der Waals surface area contributed by atoms with E-state index in [1.54, 1.807) is 12.1 Å². The number of aromatic nitrogens is 2. The van der Waals surface area contributed by atoms with Gasteiger partial charge in [0.1, 0.15) is 5.82 Å². The Morgan fingerprint density at radius 2 is 2.15 bits per heavy atom. The molecular weight excluding hydrogens is 258 g/mol. The lowest BCUT2D eigenvalue weighted by atomic mass is 10.0. The molecular formula is C14H17N3O3. The summed E-state index contributed by atoms with van der Waals surface area (Å²) in [4.78, 5) is 27.7. The number of ether oxygens (including phenoxy) is 1. The zero-order valence-electron chi connectivity index (χ0n) is 11.7. The van der Waals surface area contributed by atoms with Gasteiger partial charge in [0.2, 0.25) is 0 Å². The molecule has 6 nitrogen and oxygen atoms in total. The molecule has 2 N–H and O–H groups in total. The van der Waals surface area contributed by atoms with Crippen LogP contribution in [0.5, 0.6) is 0 Å². The number of fused-ring (bicyclic) bond motifs is 1. The molecule has 1 unspecified atom stereocenters. The zero-order valence-corrected chi connectivity index (χ0v) is 11.7. The normalized spacial score (nSPS) is 12.4. The molecule has 0 saturated carbocycles. The first-order chi connectivity index (χ1) is 9.43. The van der Waals surface area contributed by atoms with Gasteiger partial charge in [-0.15, -0.1) is 0 Å². The first-order valence-electron chi connectivity index (χ1n) is 6.23. The van der Waals surface area contributed by atoms with Crippen molar-refractivity contribution in [3.63, 3.8) is 0 Å². The quantitative estimate of drug-likeness (QED) is 0.663. The maximum Gasteiger partial charge on any atom is 0.307 e. The molecule has 0 fully saturated rings. The average molecular weight is 275 g/mol. The summed E-state index contributed by atoms with van der Waals surface area (Å²) < 4.78 is 6.45. The number of nitrogens with two attached hydrogens (primary N) is 1. The fourth-order valence-corrected chi connectivity index (χ4v) is 2.04. The lowest BCUT2D eigenvalue weighted by molar-refractivity contribution is -0.140. The number of rotatable bonds is 4. The molecule has 0 aliphatic rings. The van der Waals surface area contributed by atoms with Crippen molar-refractivity contribution in [2.24, 2.45) is 12.8 Å². The first kappa shape index (κ1) is 14.2. The summed E-state index contributed by atoms with van der Waals surface area (Å²) in [6.07, 6.45) is -0.130. The van der Waals surface area contributed by atoms with E-state index in [2.05, 4.69) is 9.72 Å². The van der Waals surface area contributed by atoms with Gasteiger partial charge in [-0.25, -0.2) is 4.98 Å². The van der Waals surface area contributed by atoms with E-state index in [0.717, 1.165) is 16.9 Å². The molecule has 0 aliphatic carbocycles. The number of methoxy groups -OCH3 is 1. The van der Waals surface area contributed by atoms with Crippen molar-refractivity contribution in [1.82, 2.24) is 9.55 Å². The van der Waals surface area contributed by atoms with E-state index in [4.69, 9.17) is 5.73 Å². The van der Waals surface area contributed by atoms with Crippen molar-refractivity contribution in [2.75, 3.05) is 7.11 Å². The maximum atomic E-state index is 12.2. The summed E-state index contributed by atoms with van der Waals surface area (Å²) in [6, 6.07) is 4.32. The minimum atomic E-state index is -0.898. The van der Waals surface area contributed by atoms with Crippen LogP contribution in [-0.4, -0.2) is 34.5 Å². The highest BCUT2D eigenvalue weighted by Crippen LogP contribution is 2.17. The third-order valence-electron chi connectivity index (χ3n) is 3.34. The summed E-state index contributed by atoms with van der Waals surface area (Å²) in [5.41, 5.74) is 7.86. The van der Waals surface area contributed by atoms with Gasteiger partial charge in [0.25, 0.3) is 0 Å². The SMILES string of the molecule is COC(=O)CC(N)C(=O)c1ccc2c(c1)nc(C)n2C. The molecule has 106 valence electrons. The third-order valence-corrected chi connectivity index (χ3v) is 3.34. The van der Waals surface area contributed by atoms with E-state index in [1.807, 2.05) is 24.6 Å². The number of carbonyl (C=O) groups is 2. The van der Waals surface area contributed by atoms with Crippen molar-refractivity contribution in [1.29, 1.82) is 0 Å². The molecule has 6 heteroatoms. The summed E-state index contributed by atoms with van der Waals surface area (Å²) in [6.45, 7) is 1.89. The summed E-state index contributed by atoms with van der Waals surface area (Å²) >= 11 is 0. The number of carbonyl (C=O) groups excluding carboxylic acids is 2. The zero-order chi connectivity index (χ0) is 14.9. The van der Waals surface area contributed by atoms with Crippen molar-refractivity contribution < 1.29 is 14.3 Å². The Morgan fingerprint density at radius 3 is 2.80 bits per heavy atom. The van der Waals surface area contributed by atoms with Gasteiger partial charge in [0.05, 0.1) is 30.6 Å². The predicted octanol–water partition coefficient (Wildman–Crippen LogP) is 0.955. The molecule has 2 aromatic rings. The smallest absolute Gasteiger partial charge is 0.307 e. The summed E-state index contributed by atoms with van der Waals surface area (Å²) in [5.74, 6) is 0.0738. The van der Waals surface area contributed by atoms with Crippen molar-refractivity contribution >= 4 is 22.8 Å². The van der Waals surface area contributed by atoms with Crippen LogP contribution in [0.15, 0.2) is 18.2 Å². The predicted molar refractivity (Wildman–Crippen MR) is 74.4 cm³/mol. The standard InChI is InChI=1S/C14H17N3O3/c1-8-16-11-6-9(4-5-12(11)17(8)2)14(19)10(15)7-13(18)20-3/h4-6,10H,7,15H2,1-3H3. The van der Waals surface area contributed by atoms with Gasteiger partial charge in [0, 0.05) is 12.6 Å². The lowest BCUT2D eigenvalue weighted by Crippen LogP contribution is -2.33. The van der Waals surface area contributed by atoms with E-state index in [1.165, 1.54) is 7.11 Å². The van der Waals surface area contributed by atoms with E-state index in [9.17, 15) is 9.59 Å². The minimum Gasteiger partial charge on any atom is -0.469 e. The molecule has 20 heavy (non-hydrogen) atoms. The van der Waals surface area contributed by atoms with Crippen LogP contribution >= 0.6 is 0 Å². The second kappa shape index (κ2) is 5.42. The van der Waals surface area contributed by atoms with Crippen LogP contribution in [0.4, 0.5) is 0 Å². The van der Waals surface area contributed by atoms with Crippen LogP contribution in [0, 0.1) is 6.92 Å². The van der Waals surface area contributed by atoms with Gasteiger partial charge < -0.3 is 15.0 Å². The lowest BCUT2D eigenvalue weighted by Gasteiger charge is -2.09. The number of esters is 1. The van der Waals surface area contributed by atoms with Gasteiger partial charge in [-0.2, -0.15) is 0 Å². The molecule has 1 heterocycles. The van der Waals surface area contributed by atoms with Crippen LogP contribution in [0.25, 0.3) is 11.0 Å². The fraction of sp³-hybridized carbons (Fsp3) is 0.357. The Labute approximate surface area is 116 Å². The number of benzene rings is 1. The Hall–Kier alpha value is -2.21. The fourth-order valence-electron chi connectivity index (χ4n) is 2.04. The molecule has 0 aliphatic heterocycles.